The van der Waals surface area contributed by atoms with Gasteiger partial charge in [0.2, 0.25) is 10.0 Å². The molecule has 140 valence electrons. The second-order valence-electron chi connectivity index (χ2n) is 7.23. The van der Waals surface area contributed by atoms with Crippen LogP contribution >= 0.6 is 11.6 Å². The Morgan fingerprint density at radius 3 is 2.15 bits per heavy atom. The SMILES string of the molecule is CC(C)(NS(=O)(=O)c1ccc(OC2CCCC2)cc1)c1ccc(Cl)cc1. The van der Waals surface area contributed by atoms with Gasteiger partial charge in [-0.05, 0) is 81.5 Å². The van der Waals surface area contributed by atoms with Crippen LogP contribution in [-0.2, 0) is 15.6 Å². The maximum atomic E-state index is 12.8. The Morgan fingerprint density at radius 2 is 1.58 bits per heavy atom. The van der Waals surface area contributed by atoms with E-state index in [4.69, 9.17) is 16.3 Å². The summed E-state index contributed by atoms with van der Waals surface area (Å²) in [6, 6.07) is 13.8. The highest BCUT2D eigenvalue weighted by Gasteiger charge is 2.28. The Morgan fingerprint density at radius 1 is 1.00 bits per heavy atom. The fraction of sp³-hybridized carbons (Fsp3) is 0.400. The molecule has 0 bridgehead atoms. The lowest BCUT2D eigenvalue weighted by atomic mass is 9.96. The number of hydrogen-bond acceptors (Lipinski definition) is 3. The molecule has 0 spiro atoms. The largest absolute Gasteiger partial charge is 0.490 e. The Hall–Kier alpha value is -1.56. The predicted octanol–water partition coefficient (Wildman–Crippen LogP) is 4.88. The van der Waals surface area contributed by atoms with Gasteiger partial charge < -0.3 is 4.74 Å². The van der Waals surface area contributed by atoms with Gasteiger partial charge in [0.05, 0.1) is 16.5 Å². The normalized spacial score (nSPS) is 16.0. The van der Waals surface area contributed by atoms with Gasteiger partial charge in [0.25, 0.3) is 0 Å². The first-order valence-electron chi connectivity index (χ1n) is 8.83. The van der Waals surface area contributed by atoms with Crippen LogP contribution in [0, 0.1) is 0 Å². The van der Waals surface area contributed by atoms with E-state index in [1.807, 2.05) is 26.0 Å². The van der Waals surface area contributed by atoms with Crippen molar-refractivity contribution in [3.8, 4) is 5.75 Å². The van der Waals surface area contributed by atoms with E-state index in [0.29, 0.717) is 10.8 Å². The van der Waals surface area contributed by atoms with Crippen LogP contribution in [0.3, 0.4) is 0 Å². The van der Waals surface area contributed by atoms with Crippen LogP contribution in [0.4, 0.5) is 0 Å². The smallest absolute Gasteiger partial charge is 0.241 e. The number of sulfonamides is 1. The fourth-order valence-corrected chi connectivity index (χ4v) is 4.74. The molecule has 0 unspecified atom stereocenters. The maximum Gasteiger partial charge on any atom is 0.241 e. The Bertz CT molecular complexity index is 840. The predicted molar refractivity (Wildman–Crippen MR) is 104 cm³/mol. The number of ether oxygens (including phenoxy) is 1. The van der Waals surface area contributed by atoms with E-state index >= 15 is 0 Å². The first-order valence-corrected chi connectivity index (χ1v) is 10.7. The van der Waals surface area contributed by atoms with Gasteiger partial charge in [0, 0.05) is 5.02 Å². The van der Waals surface area contributed by atoms with E-state index in [1.54, 1.807) is 36.4 Å². The topological polar surface area (TPSA) is 55.4 Å². The van der Waals surface area contributed by atoms with E-state index < -0.39 is 15.6 Å². The van der Waals surface area contributed by atoms with Gasteiger partial charge in [0.15, 0.2) is 0 Å². The van der Waals surface area contributed by atoms with Crippen molar-refractivity contribution in [2.24, 2.45) is 0 Å². The van der Waals surface area contributed by atoms with Crippen molar-refractivity contribution in [1.29, 1.82) is 0 Å². The van der Waals surface area contributed by atoms with Gasteiger partial charge in [-0.2, -0.15) is 0 Å². The van der Waals surface area contributed by atoms with Crippen molar-refractivity contribution in [3.63, 3.8) is 0 Å². The molecule has 0 aromatic heterocycles. The molecule has 0 atom stereocenters. The molecule has 26 heavy (non-hydrogen) atoms. The summed E-state index contributed by atoms with van der Waals surface area (Å²) in [6.45, 7) is 3.65. The van der Waals surface area contributed by atoms with Crippen LogP contribution in [0.1, 0.15) is 45.1 Å². The number of benzene rings is 2. The summed E-state index contributed by atoms with van der Waals surface area (Å²) in [7, 11) is -3.66. The molecule has 0 radical (unpaired) electrons. The van der Waals surface area contributed by atoms with Crippen LogP contribution in [-0.4, -0.2) is 14.5 Å². The minimum atomic E-state index is -3.66. The van der Waals surface area contributed by atoms with E-state index in [1.165, 1.54) is 12.8 Å². The average Bonchev–Trinajstić information content (AvgIpc) is 3.08. The zero-order valence-electron chi connectivity index (χ0n) is 15.0. The summed E-state index contributed by atoms with van der Waals surface area (Å²) in [6.07, 6.45) is 4.77. The molecule has 2 aromatic carbocycles. The lowest BCUT2D eigenvalue weighted by molar-refractivity contribution is 0.210. The standard InChI is InChI=1S/C20H24ClNO3S/c1-20(2,15-7-9-16(21)10-8-15)22-26(23,24)19-13-11-18(12-14-19)25-17-5-3-4-6-17/h7-14,17,22H,3-6H2,1-2H3. The molecule has 0 saturated heterocycles. The summed E-state index contributed by atoms with van der Waals surface area (Å²) in [4.78, 5) is 0.221. The van der Waals surface area contributed by atoms with Gasteiger partial charge >= 0.3 is 0 Å². The molecule has 3 rings (SSSR count). The number of rotatable bonds is 6. The van der Waals surface area contributed by atoms with E-state index in [-0.39, 0.29) is 11.0 Å². The quantitative estimate of drug-likeness (QED) is 0.761. The molecule has 4 nitrogen and oxygen atoms in total. The lowest BCUT2D eigenvalue weighted by Crippen LogP contribution is -2.40. The van der Waals surface area contributed by atoms with Crippen molar-refractivity contribution in [3.05, 3.63) is 59.1 Å². The van der Waals surface area contributed by atoms with Crippen LogP contribution in [0.2, 0.25) is 5.02 Å². The monoisotopic (exact) mass is 393 g/mol. The molecule has 1 saturated carbocycles. The van der Waals surface area contributed by atoms with Gasteiger partial charge in [-0.25, -0.2) is 13.1 Å². The summed E-state index contributed by atoms with van der Waals surface area (Å²) >= 11 is 5.92. The van der Waals surface area contributed by atoms with Crippen LogP contribution in [0.5, 0.6) is 5.75 Å². The second-order valence-corrected chi connectivity index (χ2v) is 9.35. The molecule has 1 N–H and O–H groups in total. The molecule has 1 fully saturated rings. The molecule has 1 aliphatic rings. The van der Waals surface area contributed by atoms with Crippen molar-refractivity contribution in [2.75, 3.05) is 0 Å². The van der Waals surface area contributed by atoms with Crippen molar-refractivity contribution in [1.82, 2.24) is 4.72 Å². The van der Waals surface area contributed by atoms with Gasteiger partial charge in [-0.3, -0.25) is 0 Å². The molecule has 1 aliphatic carbocycles. The molecule has 0 amide bonds. The molecular formula is C20H24ClNO3S. The highest BCUT2D eigenvalue weighted by Crippen LogP contribution is 2.27. The van der Waals surface area contributed by atoms with Crippen molar-refractivity contribution < 1.29 is 13.2 Å². The summed E-state index contributed by atoms with van der Waals surface area (Å²) in [5.41, 5.74) is 0.0780. The molecule has 0 aliphatic heterocycles. The van der Waals surface area contributed by atoms with E-state index in [9.17, 15) is 8.42 Å². The average molecular weight is 394 g/mol. The Kier molecular flexibility index (Phi) is 5.61. The zero-order valence-corrected chi connectivity index (χ0v) is 16.6. The summed E-state index contributed by atoms with van der Waals surface area (Å²) < 4.78 is 34.2. The molecule has 6 heteroatoms. The first-order chi connectivity index (χ1) is 12.3. The highest BCUT2D eigenvalue weighted by atomic mass is 35.5. The third-order valence-corrected chi connectivity index (χ3v) is 6.62. The summed E-state index contributed by atoms with van der Waals surface area (Å²) in [5, 5.41) is 0.616. The van der Waals surface area contributed by atoms with E-state index in [0.717, 1.165) is 18.4 Å². The van der Waals surface area contributed by atoms with Crippen molar-refractivity contribution in [2.45, 2.75) is 56.1 Å². The van der Waals surface area contributed by atoms with Gasteiger partial charge in [0.1, 0.15) is 5.75 Å². The van der Waals surface area contributed by atoms with Crippen molar-refractivity contribution >= 4 is 21.6 Å². The third kappa shape index (κ3) is 4.58. The third-order valence-electron chi connectivity index (χ3n) is 4.69. The second kappa shape index (κ2) is 7.59. The molecule has 2 aromatic rings. The number of halogens is 1. The summed E-state index contributed by atoms with van der Waals surface area (Å²) in [5.74, 6) is 0.716. The Balaban J connectivity index is 1.73. The van der Waals surface area contributed by atoms with Gasteiger partial charge in [-0.1, -0.05) is 23.7 Å². The van der Waals surface area contributed by atoms with Crippen LogP contribution < -0.4 is 9.46 Å². The number of nitrogens with one attached hydrogen (secondary N) is 1. The Labute approximate surface area is 160 Å². The fourth-order valence-electron chi connectivity index (χ4n) is 3.22. The highest BCUT2D eigenvalue weighted by molar-refractivity contribution is 7.89. The van der Waals surface area contributed by atoms with Crippen LogP contribution in [0.25, 0.3) is 0 Å². The van der Waals surface area contributed by atoms with Crippen LogP contribution in [0.15, 0.2) is 53.4 Å². The maximum absolute atomic E-state index is 12.8. The van der Waals surface area contributed by atoms with Gasteiger partial charge in [-0.15, -0.1) is 0 Å². The first kappa shape index (κ1) is 19.2. The molecule has 0 heterocycles. The zero-order chi connectivity index (χ0) is 18.8. The van der Waals surface area contributed by atoms with E-state index in [2.05, 4.69) is 4.72 Å². The lowest BCUT2D eigenvalue weighted by Gasteiger charge is -2.26. The number of hydrogen-bond donors (Lipinski definition) is 1. The minimum absolute atomic E-state index is 0.221. The molecular weight excluding hydrogens is 370 g/mol. The minimum Gasteiger partial charge on any atom is -0.490 e.